The molecule has 6 nitrogen and oxygen atoms in total. The molecule has 2 aromatic carbocycles. The van der Waals surface area contributed by atoms with Crippen LogP contribution in [0.5, 0.6) is 11.5 Å². The SMILES string of the molecule is CCCOc1ccc(C23CCC(NC(=O)Nc4ccc(F)c(F)c4)CC2N(C)CC3)cc1OC. The first kappa shape index (κ1) is 24.3. The van der Waals surface area contributed by atoms with E-state index < -0.39 is 17.7 Å². The minimum absolute atomic E-state index is 0.0138. The number of hydrogen-bond donors (Lipinski definition) is 2. The van der Waals surface area contributed by atoms with Crippen LogP contribution >= 0.6 is 0 Å². The number of carbonyl (C=O) groups is 1. The minimum Gasteiger partial charge on any atom is -0.493 e. The van der Waals surface area contributed by atoms with Gasteiger partial charge in [0.15, 0.2) is 23.1 Å². The maximum absolute atomic E-state index is 13.5. The zero-order chi connectivity index (χ0) is 24.3. The van der Waals surface area contributed by atoms with E-state index in [1.807, 2.05) is 6.07 Å². The molecule has 2 aliphatic rings. The van der Waals surface area contributed by atoms with Gasteiger partial charge < -0.3 is 25.0 Å². The molecule has 4 rings (SSSR count). The van der Waals surface area contributed by atoms with E-state index in [1.165, 1.54) is 11.6 Å². The average molecular weight is 474 g/mol. The van der Waals surface area contributed by atoms with Crippen LogP contribution in [0.1, 0.15) is 44.6 Å². The molecule has 184 valence electrons. The number of urea groups is 1. The molecule has 2 fully saturated rings. The van der Waals surface area contributed by atoms with Gasteiger partial charge in [0.25, 0.3) is 0 Å². The van der Waals surface area contributed by atoms with E-state index in [0.717, 1.165) is 62.3 Å². The van der Waals surface area contributed by atoms with Crippen molar-refractivity contribution in [2.75, 3.05) is 32.6 Å². The molecule has 34 heavy (non-hydrogen) atoms. The number of fused-ring (bicyclic) bond motifs is 1. The molecule has 1 aliphatic heterocycles. The van der Waals surface area contributed by atoms with Gasteiger partial charge in [-0.3, -0.25) is 0 Å². The van der Waals surface area contributed by atoms with Crippen LogP contribution in [0.2, 0.25) is 0 Å². The van der Waals surface area contributed by atoms with Crippen molar-refractivity contribution in [1.29, 1.82) is 0 Å². The second-order valence-electron chi connectivity index (χ2n) is 9.32. The van der Waals surface area contributed by atoms with Crippen LogP contribution in [0.3, 0.4) is 0 Å². The van der Waals surface area contributed by atoms with Gasteiger partial charge in [-0.2, -0.15) is 0 Å². The van der Waals surface area contributed by atoms with Gasteiger partial charge in [-0.25, -0.2) is 13.6 Å². The fourth-order valence-corrected chi connectivity index (χ4v) is 5.48. The van der Waals surface area contributed by atoms with Crippen molar-refractivity contribution < 1.29 is 23.0 Å². The van der Waals surface area contributed by atoms with Crippen molar-refractivity contribution in [3.63, 3.8) is 0 Å². The standard InChI is InChI=1S/C26H33F2N3O3/c1-4-13-34-22-8-5-17(14-23(22)33-3)26-10-9-19(16-24(26)31(2)12-11-26)30-25(32)29-18-6-7-20(27)21(28)15-18/h5-8,14-15,19,24H,4,9-13,16H2,1-3H3,(H2,29,30,32). The highest BCUT2D eigenvalue weighted by atomic mass is 19.2. The highest BCUT2D eigenvalue weighted by molar-refractivity contribution is 5.89. The lowest BCUT2D eigenvalue weighted by Crippen LogP contribution is -2.52. The van der Waals surface area contributed by atoms with E-state index in [9.17, 15) is 13.6 Å². The molecule has 1 saturated heterocycles. The molecule has 1 aliphatic carbocycles. The van der Waals surface area contributed by atoms with Crippen LogP contribution in [0, 0.1) is 11.6 Å². The van der Waals surface area contributed by atoms with Gasteiger partial charge in [-0.05, 0) is 75.5 Å². The van der Waals surface area contributed by atoms with E-state index in [2.05, 4.69) is 41.6 Å². The number of amides is 2. The van der Waals surface area contributed by atoms with Crippen molar-refractivity contribution in [3.05, 3.63) is 53.6 Å². The highest BCUT2D eigenvalue weighted by Gasteiger charge is 2.50. The highest BCUT2D eigenvalue weighted by Crippen LogP contribution is 2.49. The Morgan fingerprint density at radius 2 is 1.97 bits per heavy atom. The number of likely N-dealkylation sites (N-methyl/N-ethyl adjacent to an activating group) is 1. The summed E-state index contributed by atoms with van der Waals surface area (Å²) in [5.74, 6) is -0.425. The lowest BCUT2D eigenvalue weighted by atomic mass is 9.65. The average Bonchev–Trinajstić information content (AvgIpc) is 3.17. The molecule has 3 unspecified atom stereocenters. The smallest absolute Gasteiger partial charge is 0.319 e. The predicted octanol–water partition coefficient (Wildman–Crippen LogP) is 5.08. The maximum Gasteiger partial charge on any atom is 0.319 e. The molecule has 0 radical (unpaired) electrons. The van der Waals surface area contributed by atoms with Crippen molar-refractivity contribution in [3.8, 4) is 11.5 Å². The van der Waals surface area contributed by atoms with Gasteiger partial charge in [0, 0.05) is 29.3 Å². The summed E-state index contributed by atoms with van der Waals surface area (Å²) in [4.78, 5) is 14.9. The van der Waals surface area contributed by atoms with E-state index >= 15 is 0 Å². The van der Waals surface area contributed by atoms with Crippen LogP contribution in [0.4, 0.5) is 19.3 Å². The van der Waals surface area contributed by atoms with Gasteiger partial charge in [-0.15, -0.1) is 0 Å². The molecular formula is C26H33F2N3O3. The number of anilines is 1. The minimum atomic E-state index is -0.991. The van der Waals surface area contributed by atoms with Gasteiger partial charge in [-0.1, -0.05) is 13.0 Å². The zero-order valence-corrected chi connectivity index (χ0v) is 20.0. The number of nitrogens with one attached hydrogen (secondary N) is 2. The third-order valence-electron chi connectivity index (χ3n) is 7.24. The summed E-state index contributed by atoms with van der Waals surface area (Å²) in [7, 11) is 3.80. The third kappa shape index (κ3) is 4.82. The number of halogens is 2. The number of methoxy groups -OCH3 is 1. The number of benzene rings is 2. The Kier molecular flexibility index (Phi) is 7.26. The van der Waals surface area contributed by atoms with Gasteiger partial charge in [0.1, 0.15) is 0 Å². The predicted molar refractivity (Wildman–Crippen MR) is 128 cm³/mol. The monoisotopic (exact) mass is 473 g/mol. The third-order valence-corrected chi connectivity index (χ3v) is 7.24. The summed E-state index contributed by atoms with van der Waals surface area (Å²) in [6, 6.07) is 9.43. The maximum atomic E-state index is 13.5. The zero-order valence-electron chi connectivity index (χ0n) is 20.0. The summed E-state index contributed by atoms with van der Waals surface area (Å²) in [6.07, 6.45) is 4.53. The Labute approximate surface area is 199 Å². The molecule has 2 aromatic rings. The normalized spacial score (nSPS) is 24.4. The summed E-state index contributed by atoms with van der Waals surface area (Å²) in [5.41, 5.74) is 1.45. The quantitative estimate of drug-likeness (QED) is 0.589. The van der Waals surface area contributed by atoms with E-state index in [4.69, 9.17) is 9.47 Å². The molecule has 8 heteroatoms. The number of ether oxygens (including phenoxy) is 2. The van der Waals surface area contributed by atoms with Crippen LogP contribution in [0.15, 0.2) is 36.4 Å². The molecule has 2 N–H and O–H groups in total. The second kappa shape index (κ2) is 10.2. The summed E-state index contributed by atoms with van der Waals surface area (Å²) in [5, 5.41) is 5.63. The summed E-state index contributed by atoms with van der Waals surface area (Å²) < 4.78 is 38.1. The van der Waals surface area contributed by atoms with Gasteiger partial charge in [0.2, 0.25) is 0 Å². The number of rotatable bonds is 7. The molecule has 2 amide bonds. The number of likely N-dealkylation sites (tertiary alicyclic amines) is 1. The molecular weight excluding hydrogens is 440 g/mol. The summed E-state index contributed by atoms with van der Waals surface area (Å²) in [6.45, 7) is 3.70. The Bertz CT molecular complexity index is 1030. The Hall–Kier alpha value is -2.87. The summed E-state index contributed by atoms with van der Waals surface area (Å²) >= 11 is 0. The molecule has 0 spiro atoms. The fraction of sp³-hybridized carbons (Fsp3) is 0.500. The van der Waals surface area contributed by atoms with Gasteiger partial charge in [0.05, 0.1) is 13.7 Å². The lowest BCUT2D eigenvalue weighted by molar-refractivity contribution is 0.156. The second-order valence-corrected chi connectivity index (χ2v) is 9.32. The van der Waals surface area contributed by atoms with Gasteiger partial charge >= 0.3 is 6.03 Å². The molecule has 1 saturated carbocycles. The molecule has 1 heterocycles. The van der Waals surface area contributed by atoms with Crippen LogP contribution in [-0.2, 0) is 5.41 Å². The Balaban J connectivity index is 1.46. The topological polar surface area (TPSA) is 62.8 Å². The van der Waals surface area contributed by atoms with Crippen molar-refractivity contribution in [2.24, 2.45) is 0 Å². The molecule has 3 atom stereocenters. The Morgan fingerprint density at radius 3 is 2.71 bits per heavy atom. The number of nitrogens with zero attached hydrogens (tertiary/aromatic N) is 1. The fourth-order valence-electron chi connectivity index (χ4n) is 5.48. The first-order valence-corrected chi connectivity index (χ1v) is 11.9. The van der Waals surface area contributed by atoms with E-state index in [-0.39, 0.29) is 23.2 Å². The first-order valence-electron chi connectivity index (χ1n) is 11.9. The number of hydrogen-bond acceptors (Lipinski definition) is 4. The lowest BCUT2D eigenvalue weighted by Gasteiger charge is -2.45. The van der Waals surface area contributed by atoms with Crippen molar-refractivity contribution in [2.45, 2.75) is 56.5 Å². The van der Waals surface area contributed by atoms with Crippen LogP contribution < -0.4 is 20.1 Å². The van der Waals surface area contributed by atoms with Crippen LogP contribution in [-0.4, -0.2) is 50.3 Å². The van der Waals surface area contributed by atoms with Crippen LogP contribution in [0.25, 0.3) is 0 Å². The van der Waals surface area contributed by atoms with Crippen molar-refractivity contribution >= 4 is 11.7 Å². The number of carbonyl (C=O) groups excluding carboxylic acids is 1. The van der Waals surface area contributed by atoms with Crippen molar-refractivity contribution in [1.82, 2.24) is 10.2 Å². The van der Waals surface area contributed by atoms with E-state index in [1.54, 1.807) is 7.11 Å². The largest absolute Gasteiger partial charge is 0.493 e. The van der Waals surface area contributed by atoms with E-state index in [0.29, 0.717) is 6.61 Å². The first-order chi connectivity index (χ1) is 16.4. The Morgan fingerprint density at radius 1 is 1.15 bits per heavy atom. The molecule has 0 aromatic heterocycles. The molecule has 0 bridgehead atoms.